The SMILES string of the molecule is CCc1cccc(NS(=O)(=O)c2ccc3c(c2)CCN3C(=O)CCC(=O)N2CCCC2)c1. The Bertz CT molecular complexity index is 1120. The summed E-state index contributed by atoms with van der Waals surface area (Å²) in [7, 11) is -3.73. The molecular formula is C24H29N3O4S. The fourth-order valence-corrected chi connectivity index (χ4v) is 5.45. The Morgan fingerprint density at radius 2 is 1.72 bits per heavy atom. The third kappa shape index (κ3) is 4.80. The van der Waals surface area contributed by atoms with Gasteiger partial charge in [-0.1, -0.05) is 19.1 Å². The second-order valence-electron chi connectivity index (χ2n) is 8.33. The molecule has 2 heterocycles. The Morgan fingerprint density at radius 1 is 0.969 bits per heavy atom. The predicted molar refractivity (Wildman–Crippen MR) is 124 cm³/mol. The summed E-state index contributed by atoms with van der Waals surface area (Å²) in [6.07, 6.45) is 3.87. The van der Waals surface area contributed by atoms with Crippen LogP contribution in [0.1, 0.15) is 43.7 Å². The van der Waals surface area contributed by atoms with Crippen molar-refractivity contribution in [1.82, 2.24) is 4.90 Å². The van der Waals surface area contributed by atoms with Crippen LogP contribution >= 0.6 is 0 Å². The van der Waals surface area contributed by atoms with Crippen molar-refractivity contribution in [3.05, 3.63) is 53.6 Å². The number of benzene rings is 2. The van der Waals surface area contributed by atoms with E-state index in [1.54, 1.807) is 23.1 Å². The fourth-order valence-electron chi connectivity index (χ4n) is 4.35. The zero-order valence-electron chi connectivity index (χ0n) is 18.3. The molecule has 8 heteroatoms. The van der Waals surface area contributed by atoms with Crippen molar-refractivity contribution >= 4 is 33.2 Å². The van der Waals surface area contributed by atoms with Crippen molar-refractivity contribution in [3.8, 4) is 0 Å². The highest BCUT2D eigenvalue weighted by atomic mass is 32.2. The number of likely N-dealkylation sites (tertiary alicyclic amines) is 1. The van der Waals surface area contributed by atoms with Crippen molar-refractivity contribution in [2.24, 2.45) is 0 Å². The standard InChI is InChI=1S/C24H29N3O4S/c1-2-18-6-5-7-20(16-18)25-32(30,31)21-8-9-22-19(17-21)12-15-27(22)24(29)11-10-23(28)26-13-3-4-14-26/h5-9,16-17,25H,2-4,10-15H2,1H3. The summed E-state index contributed by atoms with van der Waals surface area (Å²) in [6, 6.07) is 12.2. The lowest BCUT2D eigenvalue weighted by atomic mass is 10.1. The Morgan fingerprint density at radius 3 is 2.47 bits per heavy atom. The lowest BCUT2D eigenvalue weighted by molar-refractivity contribution is -0.132. The first-order valence-corrected chi connectivity index (χ1v) is 12.7. The van der Waals surface area contributed by atoms with Gasteiger partial charge in [0.1, 0.15) is 0 Å². The molecule has 4 rings (SSSR count). The molecule has 2 aromatic rings. The normalized spacial score (nSPS) is 15.7. The van der Waals surface area contributed by atoms with Gasteiger partial charge >= 0.3 is 0 Å². The van der Waals surface area contributed by atoms with Gasteiger partial charge in [0.2, 0.25) is 11.8 Å². The first-order valence-electron chi connectivity index (χ1n) is 11.2. The van der Waals surface area contributed by atoms with E-state index in [-0.39, 0.29) is 29.6 Å². The van der Waals surface area contributed by atoms with Crippen molar-refractivity contribution < 1.29 is 18.0 Å². The average molecular weight is 456 g/mol. The van der Waals surface area contributed by atoms with Gasteiger partial charge in [0.05, 0.1) is 4.90 Å². The first kappa shape index (κ1) is 22.3. The molecule has 1 fully saturated rings. The molecule has 1 saturated heterocycles. The molecule has 2 aliphatic rings. The molecule has 2 aliphatic heterocycles. The monoisotopic (exact) mass is 455 g/mol. The third-order valence-electron chi connectivity index (χ3n) is 6.16. The Balaban J connectivity index is 1.43. The number of carbonyl (C=O) groups is 2. The number of fused-ring (bicyclic) bond motifs is 1. The highest BCUT2D eigenvalue weighted by molar-refractivity contribution is 7.92. The summed E-state index contributed by atoms with van der Waals surface area (Å²) in [5, 5.41) is 0. The van der Waals surface area contributed by atoms with Gasteiger partial charge in [0, 0.05) is 43.9 Å². The maximum Gasteiger partial charge on any atom is 0.261 e. The molecule has 0 atom stereocenters. The lowest BCUT2D eigenvalue weighted by Crippen LogP contribution is -2.32. The lowest BCUT2D eigenvalue weighted by Gasteiger charge is -2.19. The molecule has 170 valence electrons. The molecule has 32 heavy (non-hydrogen) atoms. The number of amides is 2. The number of anilines is 2. The van der Waals surface area contributed by atoms with Crippen LogP contribution in [0.15, 0.2) is 47.4 Å². The molecule has 0 spiro atoms. The van der Waals surface area contributed by atoms with E-state index in [0.717, 1.165) is 49.2 Å². The average Bonchev–Trinajstić information content (AvgIpc) is 3.47. The summed E-state index contributed by atoms with van der Waals surface area (Å²) in [5.74, 6) is -0.0589. The second-order valence-corrected chi connectivity index (χ2v) is 10.0. The minimum Gasteiger partial charge on any atom is -0.343 e. The minimum absolute atomic E-state index is 0.0370. The molecule has 0 aromatic heterocycles. The van der Waals surface area contributed by atoms with Crippen LogP contribution in [-0.4, -0.2) is 44.8 Å². The first-order chi connectivity index (χ1) is 15.4. The molecule has 0 unspecified atom stereocenters. The molecule has 0 saturated carbocycles. The number of rotatable bonds is 7. The van der Waals surface area contributed by atoms with Crippen molar-refractivity contribution in [2.75, 3.05) is 29.3 Å². The molecule has 0 radical (unpaired) electrons. The summed E-state index contributed by atoms with van der Waals surface area (Å²) in [5.41, 5.74) is 3.14. The van der Waals surface area contributed by atoms with Crippen LogP contribution in [0.5, 0.6) is 0 Å². The van der Waals surface area contributed by atoms with Crippen LogP contribution in [0.4, 0.5) is 11.4 Å². The topological polar surface area (TPSA) is 86.8 Å². The molecule has 0 aliphatic carbocycles. The van der Waals surface area contributed by atoms with Crippen LogP contribution in [-0.2, 0) is 32.5 Å². The van der Waals surface area contributed by atoms with Crippen LogP contribution < -0.4 is 9.62 Å². The van der Waals surface area contributed by atoms with E-state index in [4.69, 9.17) is 0 Å². The van der Waals surface area contributed by atoms with Crippen LogP contribution in [0.25, 0.3) is 0 Å². The van der Waals surface area contributed by atoms with E-state index >= 15 is 0 Å². The Kier molecular flexibility index (Phi) is 6.50. The van der Waals surface area contributed by atoms with Crippen LogP contribution in [0, 0.1) is 0 Å². The zero-order valence-corrected chi connectivity index (χ0v) is 19.2. The van der Waals surface area contributed by atoms with Gasteiger partial charge < -0.3 is 9.80 Å². The predicted octanol–water partition coefficient (Wildman–Crippen LogP) is 3.34. The number of hydrogen-bond acceptors (Lipinski definition) is 4. The van der Waals surface area contributed by atoms with E-state index in [0.29, 0.717) is 18.7 Å². The van der Waals surface area contributed by atoms with Gasteiger partial charge in [0.15, 0.2) is 0 Å². The summed E-state index contributed by atoms with van der Waals surface area (Å²) in [6.45, 7) is 4.09. The van der Waals surface area contributed by atoms with Crippen molar-refractivity contribution in [2.45, 2.75) is 50.3 Å². The number of aryl methyl sites for hydroxylation is 1. The number of nitrogens with one attached hydrogen (secondary N) is 1. The number of carbonyl (C=O) groups excluding carboxylic acids is 2. The molecule has 2 amide bonds. The molecule has 2 aromatic carbocycles. The summed E-state index contributed by atoms with van der Waals surface area (Å²) in [4.78, 5) is 28.6. The zero-order chi connectivity index (χ0) is 22.7. The highest BCUT2D eigenvalue weighted by Crippen LogP contribution is 2.31. The van der Waals surface area contributed by atoms with Gasteiger partial charge in [0.25, 0.3) is 10.0 Å². The van der Waals surface area contributed by atoms with E-state index in [9.17, 15) is 18.0 Å². The molecule has 1 N–H and O–H groups in total. The van der Waals surface area contributed by atoms with Crippen molar-refractivity contribution in [3.63, 3.8) is 0 Å². The smallest absolute Gasteiger partial charge is 0.261 e. The van der Waals surface area contributed by atoms with Gasteiger partial charge in [-0.2, -0.15) is 0 Å². The fraction of sp³-hybridized carbons (Fsp3) is 0.417. The third-order valence-corrected chi connectivity index (χ3v) is 7.54. The molecular weight excluding hydrogens is 426 g/mol. The van der Waals surface area contributed by atoms with Gasteiger partial charge in [-0.15, -0.1) is 0 Å². The number of sulfonamides is 1. The Hall–Kier alpha value is -2.87. The largest absolute Gasteiger partial charge is 0.343 e. The second kappa shape index (κ2) is 9.32. The van der Waals surface area contributed by atoms with E-state index in [1.807, 2.05) is 30.0 Å². The van der Waals surface area contributed by atoms with E-state index < -0.39 is 10.0 Å². The van der Waals surface area contributed by atoms with Crippen molar-refractivity contribution in [1.29, 1.82) is 0 Å². The summed E-state index contributed by atoms with van der Waals surface area (Å²) < 4.78 is 28.4. The van der Waals surface area contributed by atoms with E-state index in [1.165, 1.54) is 6.07 Å². The number of nitrogens with zero attached hydrogens (tertiary/aromatic N) is 2. The highest BCUT2D eigenvalue weighted by Gasteiger charge is 2.28. The summed E-state index contributed by atoms with van der Waals surface area (Å²) >= 11 is 0. The van der Waals surface area contributed by atoms with Gasteiger partial charge in [-0.25, -0.2) is 8.42 Å². The van der Waals surface area contributed by atoms with E-state index in [2.05, 4.69) is 4.72 Å². The minimum atomic E-state index is -3.73. The molecule has 0 bridgehead atoms. The maximum absolute atomic E-state index is 12.9. The quantitative estimate of drug-likeness (QED) is 0.694. The maximum atomic E-state index is 12.9. The van der Waals surface area contributed by atoms with Gasteiger partial charge in [-0.05, 0) is 67.1 Å². The van der Waals surface area contributed by atoms with Crippen LogP contribution in [0.2, 0.25) is 0 Å². The van der Waals surface area contributed by atoms with Crippen LogP contribution in [0.3, 0.4) is 0 Å². The van der Waals surface area contributed by atoms with Gasteiger partial charge in [-0.3, -0.25) is 14.3 Å². The number of hydrogen-bond donors (Lipinski definition) is 1. The Labute approximate surface area is 189 Å². The molecule has 7 nitrogen and oxygen atoms in total.